The summed E-state index contributed by atoms with van der Waals surface area (Å²) in [6.07, 6.45) is 4.04. The molecule has 0 spiro atoms. The summed E-state index contributed by atoms with van der Waals surface area (Å²) < 4.78 is 0. The molecule has 0 saturated carbocycles. The minimum atomic E-state index is 0.752. The molecule has 0 unspecified atom stereocenters. The second-order valence-electron chi connectivity index (χ2n) is 6.04. The Balaban J connectivity index is 1.37. The topological polar surface area (TPSA) is 15.3 Å². The molecule has 0 aromatic heterocycles. The molecule has 2 aliphatic heterocycles. The van der Waals surface area contributed by atoms with Crippen molar-refractivity contribution in [1.82, 2.24) is 10.2 Å². The van der Waals surface area contributed by atoms with E-state index in [0.717, 1.165) is 18.5 Å². The van der Waals surface area contributed by atoms with Crippen molar-refractivity contribution in [1.29, 1.82) is 0 Å². The Bertz CT molecular complexity index is 389. The highest BCUT2D eigenvalue weighted by atomic mass is 32.2. The molecule has 20 heavy (non-hydrogen) atoms. The van der Waals surface area contributed by atoms with Gasteiger partial charge in [0.1, 0.15) is 0 Å². The van der Waals surface area contributed by atoms with Crippen LogP contribution in [0.25, 0.3) is 0 Å². The van der Waals surface area contributed by atoms with Crippen LogP contribution < -0.4 is 5.32 Å². The Morgan fingerprint density at radius 3 is 2.70 bits per heavy atom. The summed E-state index contributed by atoms with van der Waals surface area (Å²) in [7, 11) is 0. The maximum atomic E-state index is 3.75. The SMILES string of the molecule is c1ccc([C@H]2CCN(CCNC3CCSCC3)C2)cc1. The molecule has 2 fully saturated rings. The summed E-state index contributed by atoms with van der Waals surface area (Å²) in [5.41, 5.74) is 1.52. The minimum Gasteiger partial charge on any atom is -0.313 e. The van der Waals surface area contributed by atoms with Gasteiger partial charge < -0.3 is 10.2 Å². The Morgan fingerprint density at radius 2 is 1.90 bits per heavy atom. The predicted molar refractivity (Wildman–Crippen MR) is 88.6 cm³/mol. The van der Waals surface area contributed by atoms with Gasteiger partial charge in [-0.15, -0.1) is 0 Å². The van der Waals surface area contributed by atoms with Gasteiger partial charge in [-0.3, -0.25) is 0 Å². The third-order valence-corrected chi connectivity index (χ3v) is 5.67. The van der Waals surface area contributed by atoms with Gasteiger partial charge in [0.05, 0.1) is 0 Å². The predicted octanol–water partition coefficient (Wildman–Crippen LogP) is 2.96. The molecule has 0 amide bonds. The first-order valence-corrected chi connectivity index (χ1v) is 9.16. The molecule has 1 atom stereocenters. The molecule has 3 rings (SSSR count). The van der Waals surface area contributed by atoms with Crippen molar-refractivity contribution >= 4 is 11.8 Å². The van der Waals surface area contributed by atoms with Crippen LogP contribution in [-0.2, 0) is 0 Å². The van der Waals surface area contributed by atoms with Crippen molar-refractivity contribution in [2.75, 3.05) is 37.7 Å². The van der Waals surface area contributed by atoms with Gasteiger partial charge >= 0.3 is 0 Å². The van der Waals surface area contributed by atoms with E-state index in [1.807, 2.05) is 0 Å². The van der Waals surface area contributed by atoms with Crippen LogP contribution in [0.1, 0.15) is 30.7 Å². The van der Waals surface area contributed by atoms with E-state index in [1.54, 1.807) is 0 Å². The van der Waals surface area contributed by atoms with Gasteiger partial charge in [0.15, 0.2) is 0 Å². The van der Waals surface area contributed by atoms with Gasteiger partial charge in [-0.05, 0) is 48.8 Å². The molecule has 2 saturated heterocycles. The van der Waals surface area contributed by atoms with Crippen LogP contribution in [0.15, 0.2) is 30.3 Å². The number of rotatable bonds is 5. The lowest BCUT2D eigenvalue weighted by Crippen LogP contribution is -2.38. The van der Waals surface area contributed by atoms with Crippen LogP contribution in [-0.4, -0.2) is 48.6 Å². The van der Waals surface area contributed by atoms with E-state index in [0.29, 0.717) is 0 Å². The lowest BCUT2D eigenvalue weighted by molar-refractivity contribution is 0.320. The highest BCUT2D eigenvalue weighted by molar-refractivity contribution is 7.99. The fourth-order valence-electron chi connectivity index (χ4n) is 3.36. The van der Waals surface area contributed by atoms with E-state index in [4.69, 9.17) is 0 Å². The normalized spacial score (nSPS) is 25.1. The monoisotopic (exact) mass is 290 g/mol. The Morgan fingerprint density at radius 1 is 1.10 bits per heavy atom. The average Bonchev–Trinajstić information content (AvgIpc) is 2.98. The fraction of sp³-hybridized carbons (Fsp3) is 0.647. The van der Waals surface area contributed by atoms with Gasteiger partial charge in [-0.25, -0.2) is 0 Å². The maximum absolute atomic E-state index is 3.75. The molecular weight excluding hydrogens is 264 g/mol. The molecule has 1 aromatic rings. The van der Waals surface area contributed by atoms with Crippen LogP contribution in [0.2, 0.25) is 0 Å². The van der Waals surface area contributed by atoms with E-state index < -0.39 is 0 Å². The summed E-state index contributed by atoms with van der Waals surface area (Å²) in [4.78, 5) is 2.63. The molecule has 0 aliphatic carbocycles. The van der Waals surface area contributed by atoms with Crippen molar-refractivity contribution in [3.05, 3.63) is 35.9 Å². The number of nitrogens with one attached hydrogen (secondary N) is 1. The van der Waals surface area contributed by atoms with Crippen molar-refractivity contribution in [3.63, 3.8) is 0 Å². The van der Waals surface area contributed by atoms with Crippen molar-refractivity contribution in [3.8, 4) is 0 Å². The first-order chi connectivity index (χ1) is 9.92. The molecule has 2 aliphatic rings. The van der Waals surface area contributed by atoms with Crippen LogP contribution in [0.3, 0.4) is 0 Å². The summed E-state index contributed by atoms with van der Waals surface area (Å²) >= 11 is 2.10. The van der Waals surface area contributed by atoms with E-state index in [-0.39, 0.29) is 0 Å². The zero-order chi connectivity index (χ0) is 13.6. The van der Waals surface area contributed by atoms with E-state index in [2.05, 4.69) is 52.3 Å². The van der Waals surface area contributed by atoms with Gasteiger partial charge in [-0.1, -0.05) is 30.3 Å². The number of thioether (sulfide) groups is 1. The van der Waals surface area contributed by atoms with E-state index >= 15 is 0 Å². The highest BCUT2D eigenvalue weighted by Gasteiger charge is 2.23. The zero-order valence-corrected chi connectivity index (χ0v) is 13.1. The molecule has 110 valence electrons. The second-order valence-corrected chi connectivity index (χ2v) is 7.26. The summed E-state index contributed by atoms with van der Waals surface area (Å²) in [6, 6.07) is 11.8. The molecule has 0 bridgehead atoms. The first kappa shape index (κ1) is 14.4. The Hall–Kier alpha value is -0.510. The summed E-state index contributed by atoms with van der Waals surface area (Å²) in [6.45, 7) is 4.89. The number of hydrogen-bond acceptors (Lipinski definition) is 3. The van der Waals surface area contributed by atoms with Crippen LogP contribution >= 0.6 is 11.8 Å². The van der Waals surface area contributed by atoms with Crippen LogP contribution in [0, 0.1) is 0 Å². The van der Waals surface area contributed by atoms with Gasteiger partial charge in [0.2, 0.25) is 0 Å². The maximum Gasteiger partial charge on any atom is 0.0107 e. The number of benzene rings is 1. The van der Waals surface area contributed by atoms with Crippen LogP contribution in [0.4, 0.5) is 0 Å². The first-order valence-electron chi connectivity index (χ1n) is 8.00. The quantitative estimate of drug-likeness (QED) is 0.897. The summed E-state index contributed by atoms with van der Waals surface area (Å²) in [5, 5.41) is 3.75. The fourth-order valence-corrected chi connectivity index (χ4v) is 4.47. The summed E-state index contributed by atoms with van der Waals surface area (Å²) in [5.74, 6) is 3.44. The minimum absolute atomic E-state index is 0.752. The highest BCUT2D eigenvalue weighted by Crippen LogP contribution is 2.26. The van der Waals surface area contributed by atoms with E-state index in [1.165, 1.54) is 56.0 Å². The van der Waals surface area contributed by atoms with Crippen molar-refractivity contribution in [2.45, 2.75) is 31.2 Å². The molecular formula is C17H26N2S. The number of likely N-dealkylation sites (tertiary alicyclic amines) is 1. The average molecular weight is 290 g/mol. The zero-order valence-electron chi connectivity index (χ0n) is 12.3. The van der Waals surface area contributed by atoms with Gasteiger partial charge in [-0.2, -0.15) is 11.8 Å². The lowest BCUT2D eigenvalue weighted by atomic mass is 9.99. The Labute approximate surface area is 127 Å². The molecule has 1 N–H and O–H groups in total. The van der Waals surface area contributed by atoms with E-state index in [9.17, 15) is 0 Å². The largest absolute Gasteiger partial charge is 0.313 e. The van der Waals surface area contributed by atoms with Gasteiger partial charge in [0.25, 0.3) is 0 Å². The van der Waals surface area contributed by atoms with Crippen LogP contribution in [0.5, 0.6) is 0 Å². The molecule has 2 nitrogen and oxygen atoms in total. The third-order valence-electron chi connectivity index (χ3n) is 4.63. The molecule has 1 aromatic carbocycles. The van der Waals surface area contributed by atoms with Crippen molar-refractivity contribution < 1.29 is 0 Å². The number of hydrogen-bond donors (Lipinski definition) is 1. The third kappa shape index (κ3) is 4.00. The Kier molecular flexibility index (Phi) is 5.40. The second kappa shape index (κ2) is 7.48. The standard InChI is InChI=1S/C17H26N2S/c1-2-4-15(5-3-1)16-6-10-19(14-16)11-9-18-17-7-12-20-13-8-17/h1-5,16-18H,6-14H2/t16-/m0/s1. The smallest absolute Gasteiger partial charge is 0.0107 e. The van der Waals surface area contributed by atoms with Gasteiger partial charge in [0, 0.05) is 25.7 Å². The van der Waals surface area contributed by atoms with Crippen molar-refractivity contribution in [2.24, 2.45) is 0 Å². The molecule has 2 heterocycles. The molecule has 0 radical (unpaired) electrons. The molecule has 3 heteroatoms. The lowest BCUT2D eigenvalue weighted by Gasteiger charge is -2.24. The number of nitrogens with zero attached hydrogens (tertiary/aromatic N) is 1.